The highest BCUT2D eigenvalue weighted by molar-refractivity contribution is 6.14. The van der Waals surface area contributed by atoms with Crippen molar-refractivity contribution in [3.63, 3.8) is 0 Å². The van der Waals surface area contributed by atoms with E-state index in [1.807, 2.05) is 36.6 Å². The molecule has 0 aliphatic rings. The number of hydrogen-bond acceptors (Lipinski definition) is 3. The first-order chi connectivity index (χ1) is 26.7. The zero-order valence-corrected chi connectivity index (χ0v) is 30.1. The quantitative estimate of drug-likeness (QED) is 0.0755. The van der Waals surface area contributed by atoms with Crippen molar-refractivity contribution in [1.29, 1.82) is 0 Å². The topological polar surface area (TPSA) is 37.6 Å². The maximum atomic E-state index is 5.32. The van der Waals surface area contributed by atoms with Crippen LogP contribution in [0.25, 0.3) is 54.2 Å². The molecule has 3 nitrogen and oxygen atoms in total. The van der Waals surface area contributed by atoms with Crippen molar-refractivity contribution in [2.75, 3.05) is 0 Å². The Morgan fingerprint density at radius 3 is 1.94 bits per heavy atom. The van der Waals surface area contributed by atoms with Crippen LogP contribution in [0.15, 0.2) is 216 Å². The molecule has 0 aliphatic heterocycles. The van der Waals surface area contributed by atoms with Crippen molar-refractivity contribution in [3.05, 3.63) is 223 Å². The average Bonchev–Trinajstić information content (AvgIpc) is 3.24. The highest BCUT2D eigenvalue weighted by Gasteiger charge is 2.12. The molecule has 0 saturated carbocycles. The minimum atomic E-state index is 0.497. The minimum Gasteiger partial charge on any atom is -0.280 e. The van der Waals surface area contributed by atoms with Crippen LogP contribution >= 0.6 is 0 Å². The largest absolute Gasteiger partial charge is 0.280 e. The van der Waals surface area contributed by atoms with Crippen molar-refractivity contribution in [1.82, 2.24) is 4.98 Å². The van der Waals surface area contributed by atoms with Gasteiger partial charge >= 0.3 is 0 Å². The number of hydrogen-bond donors (Lipinski definition) is 0. The van der Waals surface area contributed by atoms with E-state index in [0.29, 0.717) is 12.2 Å². The monoisotopic (exact) mass is 693 g/mol. The second kappa shape index (κ2) is 15.7. The Bertz CT molecular complexity index is 2780. The summed E-state index contributed by atoms with van der Waals surface area (Å²) >= 11 is 0. The van der Waals surface area contributed by atoms with Crippen LogP contribution in [0.5, 0.6) is 0 Å². The third-order valence-corrected chi connectivity index (χ3v) is 9.98. The average molecular weight is 694 g/mol. The number of allylic oxidation sites excluding steroid dienone is 5. The standard InChI is InChI=1S/C51H39N3/c1-3-37(17-5-4-15-36-16-14-30-53-34-36)50(52-2)33-51(54-35-42-31-40-18-6-8-20-43(40)46-23-11-10-22-45(42)46)39-28-26-38(27-29-39)49-32-41-19-7-9-21-44(41)47-24-12-13-25-48(47)49/h3-14,16-34H,1-2,15,35H2/b5-4-,37-17+,50-33-,54-51?. The molecule has 7 aromatic carbocycles. The smallest absolute Gasteiger partial charge is 0.0716 e. The van der Waals surface area contributed by atoms with Gasteiger partial charge in [-0.3, -0.25) is 15.0 Å². The van der Waals surface area contributed by atoms with Crippen molar-refractivity contribution in [2.45, 2.75) is 13.0 Å². The lowest BCUT2D eigenvalue weighted by molar-refractivity contribution is 1.09. The molecule has 8 aromatic rings. The second-order valence-electron chi connectivity index (χ2n) is 13.3. The first kappa shape index (κ1) is 34.1. The van der Waals surface area contributed by atoms with E-state index in [-0.39, 0.29) is 0 Å². The molecule has 8 rings (SSSR count). The van der Waals surface area contributed by atoms with Gasteiger partial charge in [0, 0.05) is 12.4 Å². The third-order valence-electron chi connectivity index (χ3n) is 9.98. The Morgan fingerprint density at radius 2 is 1.28 bits per heavy atom. The fraction of sp³-hybridized carbons (Fsp3) is 0.0392. The van der Waals surface area contributed by atoms with E-state index in [1.165, 1.54) is 54.2 Å². The van der Waals surface area contributed by atoms with Crippen LogP contribution in [0.2, 0.25) is 0 Å². The van der Waals surface area contributed by atoms with Gasteiger partial charge in [-0.1, -0.05) is 158 Å². The molecule has 0 N–H and O–H groups in total. The normalized spacial score (nSPS) is 12.6. The number of fused-ring (bicyclic) bond motifs is 6. The summed E-state index contributed by atoms with van der Waals surface area (Å²) in [6, 6.07) is 51.7. The summed E-state index contributed by atoms with van der Waals surface area (Å²) in [6.45, 7) is 8.57. The molecular weight excluding hydrogens is 655 g/mol. The summed E-state index contributed by atoms with van der Waals surface area (Å²) in [7, 11) is 0. The molecular formula is C51H39N3. The SMILES string of the molecule is C=CC(=C\C=C/Cc1cccnc1)/C(=C/C(=NCc1cc2ccccc2c2ccccc12)c1ccc(-c2cc3ccccc3c3ccccc23)cc1)N=C. The lowest BCUT2D eigenvalue weighted by Crippen LogP contribution is -2.01. The number of benzene rings is 7. The second-order valence-corrected chi connectivity index (χ2v) is 13.3. The zero-order valence-electron chi connectivity index (χ0n) is 30.1. The summed E-state index contributed by atoms with van der Waals surface area (Å²) in [5.41, 5.74) is 8.03. The van der Waals surface area contributed by atoms with Crippen molar-refractivity contribution in [3.8, 4) is 11.1 Å². The molecule has 0 bridgehead atoms. The van der Waals surface area contributed by atoms with Crippen molar-refractivity contribution >= 4 is 55.5 Å². The van der Waals surface area contributed by atoms with E-state index in [1.54, 1.807) is 6.20 Å². The summed E-state index contributed by atoms with van der Waals surface area (Å²) in [4.78, 5) is 14.0. The Morgan fingerprint density at radius 1 is 0.648 bits per heavy atom. The summed E-state index contributed by atoms with van der Waals surface area (Å²) < 4.78 is 0. The van der Waals surface area contributed by atoms with Crippen molar-refractivity contribution in [2.24, 2.45) is 9.98 Å². The highest BCUT2D eigenvalue weighted by Crippen LogP contribution is 2.35. The van der Waals surface area contributed by atoms with Gasteiger partial charge in [0.15, 0.2) is 0 Å². The zero-order chi connectivity index (χ0) is 36.7. The van der Waals surface area contributed by atoms with Gasteiger partial charge in [0.25, 0.3) is 0 Å². The van der Waals surface area contributed by atoms with E-state index >= 15 is 0 Å². The number of aromatic nitrogens is 1. The van der Waals surface area contributed by atoms with Gasteiger partial charge in [0.1, 0.15) is 0 Å². The summed E-state index contributed by atoms with van der Waals surface area (Å²) in [6.07, 6.45) is 14.5. The molecule has 54 heavy (non-hydrogen) atoms. The van der Waals surface area contributed by atoms with Gasteiger partial charge in [-0.2, -0.15) is 0 Å². The van der Waals surface area contributed by atoms with Gasteiger partial charge in [-0.15, -0.1) is 0 Å². The molecule has 3 heteroatoms. The molecule has 1 aromatic heterocycles. The van der Waals surface area contributed by atoms with Gasteiger partial charge < -0.3 is 0 Å². The van der Waals surface area contributed by atoms with E-state index in [0.717, 1.165) is 34.4 Å². The fourth-order valence-corrected chi connectivity index (χ4v) is 7.27. The maximum Gasteiger partial charge on any atom is 0.0716 e. The molecule has 0 fully saturated rings. The van der Waals surface area contributed by atoms with E-state index in [9.17, 15) is 0 Å². The van der Waals surface area contributed by atoms with E-state index in [4.69, 9.17) is 4.99 Å². The predicted molar refractivity (Wildman–Crippen MR) is 232 cm³/mol. The van der Waals surface area contributed by atoms with Crippen LogP contribution in [0.1, 0.15) is 16.7 Å². The van der Waals surface area contributed by atoms with Crippen LogP contribution in [0.4, 0.5) is 0 Å². The number of rotatable bonds is 11. The van der Waals surface area contributed by atoms with Crippen LogP contribution in [0, 0.1) is 0 Å². The lowest BCUT2D eigenvalue weighted by Gasteiger charge is -2.13. The highest BCUT2D eigenvalue weighted by atomic mass is 14.8. The van der Waals surface area contributed by atoms with Gasteiger partial charge in [-0.05, 0) is 114 Å². The van der Waals surface area contributed by atoms with Crippen molar-refractivity contribution < 1.29 is 0 Å². The molecule has 0 radical (unpaired) electrons. The first-order valence-corrected chi connectivity index (χ1v) is 18.2. The van der Waals surface area contributed by atoms with Crippen LogP contribution in [-0.4, -0.2) is 17.4 Å². The Kier molecular flexibility index (Phi) is 9.94. The fourth-order valence-electron chi connectivity index (χ4n) is 7.27. The van der Waals surface area contributed by atoms with Crippen LogP contribution in [0.3, 0.4) is 0 Å². The predicted octanol–water partition coefficient (Wildman–Crippen LogP) is 12.8. The molecule has 0 atom stereocenters. The van der Waals surface area contributed by atoms with Crippen LogP contribution in [-0.2, 0) is 13.0 Å². The molecule has 0 aliphatic carbocycles. The molecule has 1 heterocycles. The van der Waals surface area contributed by atoms with Gasteiger partial charge in [0.05, 0.1) is 18.0 Å². The van der Waals surface area contributed by atoms with E-state index < -0.39 is 0 Å². The number of nitrogens with zero attached hydrogens (tertiary/aromatic N) is 3. The summed E-state index contributed by atoms with van der Waals surface area (Å²) in [5.74, 6) is 0. The lowest BCUT2D eigenvalue weighted by atomic mass is 9.92. The minimum absolute atomic E-state index is 0.497. The Balaban J connectivity index is 1.21. The third kappa shape index (κ3) is 7.08. The van der Waals surface area contributed by atoms with Crippen LogP contribution < -0.4 is 0 Å². The Hall–Kier alpha value is -6.97. The molecule has 0 amide bonds. The molecule has 0 saturated heterocycles. The molecule has 0 spiro atoms. The number of pyridine rings is 1. The Labute approximate surface area is 316 Å². The molecule has 258 valence electrons. The summed E-state index contributed by atoms with van der Waals surface area (Å²) in [5, 5.41) is 9.85. The maximum absolute atomic E-state index is 5.32. The van der Waals surface area contributed by atoms with E-state index in [2.05, 4.69) is 169 Å². The number of aliphatic imine (C=N–C) groups is 2. The van der Waals surface area contributed by atoms with Gasteiger partial charge in [0.2, 0.25) is 0 Å². The van der Waals surface area contributed by atoms with Gasteiger partial charge in [-0.25, -0.2) is 0 Å². The first-order valence-electron chi connectivity index (χ1n) is 18.2. The molecule has 0 unspecified atom stereocenters.